The molecule has 1 aliphatic rings. The van der Waals surface area contributed by atoms with Crippen LogP contribution in [0.3, 0.4) is 0 Å². The Hall–Kier alpha value is -3.70. The van der Waals surface area contributed by atoms with Crippen molar-refractivity contribution in [3.63, 3.8) is 0 Å². The average molecular weight is 406 g/mol. The molecule has 1 amide bonds. The third-order valence-electron chi connectivity index (χ3n) is 4.20. The number of hydrogen-bond donors (Lipinski definition) is 1. The molecule has 0 saturated heterocycles. The van der Waals surface area contributed by atoms with Crippen molar-refractivity contribution in [1.29, 1.82) is 0 Å². The minimum absolute atomic E-state index is 0.251. The minimum atomic E-state index is -0.655. The number of rotatable bonds is 5. The number of benzene rings is 1. The molecule has 1 N–H and O–H groups in total. The second kappa shape index (κ2) is 8.76. The molecular weight excluding hydrogens is 382 g/mol. The van der Waals surface area contributed by atoms with E-state index in [1.807, 2.05) is 20.8 Å². The summed E-state index contributed by atoms with van der Waals surface area (Å²) in [6, 6.07) is 8.66. The highest BCUT2D eigenvalue weighted by molar-refractivity contribution is 5.90. The molecule has 3 rings (SSSR count). The maximum atomic E-state index is 12.4. The highest BCUT2D eigenvalue weighted by Gasteiger charge is 2.23. The monoisotopic (exact) mass is 406 g/mol. The summed E-state index contributed by atoms with van der Waals surface area (Å²) in [5.74, 6) is 0.379. The number of aromatic nitrogens is 2. The van der Waals surface area contributed by atoms with Crippen LogP contribution in [-0.2, 0) is 14.9 Å². The van der Waals surface area contributed by atoms with Gasteiger partial charge in [0, 0.05) is 17.6 Å². The van der Waals surface area contributed by atoms with Gasteiger partial charge in [0.15, 0.2) is 0 Å². The van der Waals surface area contributed by atoms with Gasteiger partial charge in [-0.05, 0) is 25.1 Å². The molecule has 7 heteroatoms. The van der Waals surface area contributed by atoms with Crippen LogP contribution in [-0.4, -0.2) is 28.4 Å². The first-order valence-electron chi connectivity index (χ1n) is 9.61. The number of hydrogen-bond acceptors (Lipinski definition) is 5. The van der Waals surface area contributed by atoms with Crippen LogP contribution in [0.5, 0.6) is 0 Å². The number of anilines is 1. The van der Waals surface area contributed by atoms with Gasteiger partial charge < -0.3 is 9.47 Å². The van der Waals surface area contributed by atoms with E-state index in [2.05, 4.69) is 16.5 Å². The molecule has 0 atom stereocenters. The second-order valence-corrected chi connectivity index (χ2v) is 7.60. The summed E-state index contributed by atoms with van der Waals surface area (Å²) in [5.41, 5.74) is 1.53. The van der Waals surface area contributed by atoms with E-state index in [4.69, 9.17) is 9.47 Å². The zero-order valence-corrected chi connectivity index (χ0v) is 17.4. The van der Waals surface area contributed by atoms with E-state index in [1.54, 1.807) is 66.2 Å². The Bertz CT molecular complexity index is 1040. The average Bonchev–Trinajstić information content (AvgIpc) is 3.13. The Morgan fingerprint density at radius 3 is 2.70 bits per heavy atom. The van der Waals surface area contributed by atoms with Crippen LogP contribution in [0.4, 0.5) is 10.6 Å². The van der Waals surface area contributed by atoms with Crippen molar-refractivity contribution in [2.24, 2.45) is 0 Å². The highest BCUT2D eigenvalue weighted by Crippen LogP contribution is 2.27. The van der Waals surface area contributed by atoms with Crippen LogP contribution in [0.15, 0.2) is 60.4 Å². The summed E-state index contributed by atoms with van der Waals surface area (Å²) >= 11 is 0. The number of esters is 1. The fourth-order valence-electron chi connectivity index (χ4n) is 2.69. The summed E-state index contributed by atoms with van der Waals surface area (Å²) in [4.78, 5) is 24.5. The van der Waals surface area contributed by atoms with E-state index in [1.165, 1.54) is 0 Å². The Morgan fingerprint density at radius 1 is 1.23 bits per heavy atom. The first-order valence-corrected chi connectivity index (χ1v) is 9.61. The molecule has 0 spiro atoms. The van der Waals surface area contributed by atoms with Gasteiger partial charge in [0.1, 0.15) is 18.0 Å². The molecule has 0 fully saturated rings. The summed E-state index contributed by atoms with van der Waals surface area (Å²) < 4.78 is 12.0. The Balaban J connectivity index is 1.93. The van der Waals surface area contributed by atoms with E-state index in [0.717, 1.165) is 5.69 Å². The van der Waals surface area contributed by atoms with Gasteiger partial charge in [0.05, 0.1) is 35.7 Å². The minimum Gasteiger partial charge on any atom is -0.462 e. The first kappa shape index (κ1) is 21.0. The predicted molar refractivity (Wildman–Crippen MR) is 113 cm³/mol. The topological polar surface area (TPSA) is 82.5 Å². The van der Waals surface area contributed by atoms with E-state index < -0.39 is 12.1 Å². The summed E-state index contributed by atoms with van der Waals surface area (Å²) in [5, 5.41) is 7.38. The SMILES string of the molecule is CCOC(=O)c1cccc(-n2nc(C(C)(C)C)cc2NC(=O)OC2=CC=C[C+]=C2)c1. The van der Waals surface area contributed by atoms with Gasteiger partial charge in [-0.3, -0.25) is 5.32 Å². The standard InChI is InChI=1S/C23H23N3O4/c1-5-29-21(27)16-10-9-11-17(14-16)26-20(15-19(25-26)23(2,3)4)24-22(28)30-18-12-7-6-8-13-18/h6-7,9-15H,5H2,1-4H3/p+1. The molecule has 0 radical (unpaired) electrons. The number of carbonyl (C=O) groups is 2. The predicted octanol–water partition coefficient (Wildman–Crippen LogP) is 4.71. The van der Waals surface area contributed by atoms with Crippen LogP contribution >= 0.6 is 0 Å². The summed E-state index contributed by atoms with van der Waals surface area (Å²) in [6.45, 7) is 8.11. The number of allylic oxidation sites excluding steroid dienone is 5. The lowest BCUT2D eigenvalue weighted by atomic mass is 9.92. The normalized spacial score (nSPS) is 12.7. The summed E-state index contributed by atoms with van der Waals surface area (Å²) in [6.07, 6.45) is 8.87. The lowest BCUT2D eigenvalue weighted by Crippen LogP contribution is -2.16. The van der Waals surface area contributed by atoms with Crippen molar-refractivity contribution in [3.8, 4) is 5.69 Å². The Morgan fingerprint density at radius 2 is 2.03 bits per heavy atom. The van der Waals surface area contributed by atoms with Crippen molar-refractivity contribution in [2.45, 2.75) is 33.1 Å². The maximum Gasteiger partial charge on any atom is 0.431 e. The van der Waals surface area contributed by atoms with Crippen LogP contribution in [0.25, 0.3) is 5.69 Å². The molecule has 2 aromatic rings. The van der Waals surface area contributed by atoms with Crippen molar-refractivity contribution >= 4 is 17.9 Å². The second-order valence-electron chi connectivity index (χ2n) is 7.60. The van der Waals surface area contributed by atoms with Crippen LogP contribution in [0.2, 0.25) is 0 Å². The Labute approximate surface area is 175 Å². The van der Waals surface area contributed by atoms with Gasteiger partial charge in [-0.2, -0.15) is 5.10 Å². The van der Waals surface area contributed by atoms with Crippen molar-refractivity contribution in [2.75, 3.05) is 11.9 Å². The Kier molecular flexibility index (Phi) is 6.14. The van der Waals surface area contributed by atoms with E-state index in [9.17, 15) is 9.59 Å². The molecule has 1 heterocycles. The largest absolute Gasteiger partial charge is 0.462 e. The third-order valence-corrected chi connectivity index (χ3v) is 4.20. The maximum absolute atomic E-state index is 12.4. The number of nitrogens with one attached hydrogen (secondary N) is 1. The quantitative estimate of drug-likeness (QED) is 0.574. The molecule has 0 unspecified atom stereocenters. The lowest BCUT2D eigenvalue weighted by molar-refractivity contribution is 0.0526. The molecule has 1 aromatic carbocycles. The molecule has 7 nitrogen and oxygen atoms in total. The van der Waals surface area contributed by atoms with E-state index in [-0.39, 0.29) is 12.0 Å². The molecule has 1 aromatic heterocycles. The third kappa shape index (κ3) is 5.01. The first-order chi connectivity index (χ1) is 14.3. The van der Waals surface area contributed by atoms with E-state index >= 15 is 0 Å². The zero-order valence-electron chi connectivity index (χ0n) is 17.4. The molecule has 30 heavy (non-hydrogen) atoms. The zero-order chi connectivity index (χ0) is 21.7. The highest BCUT2D eigenvalue weighted by atomic mass is 16.6. The number of amides is 1. The van der Waals surface area contributed by atoms with Gasteiger partial charge >= 0.3 is 12.1 Å². The molecule has 1 aliphatic carbocycles. The van der Waals surface area contributed by atoms with Gasteiger partial charge in [-0.1, -0.05) is 26.8 Å². The smallest absolute Gasteiger partial charge is 0.431 e. The van der Waals surface area contributed by atoms with Gasteiger partial charge in [0.2, 0.25) is 5.76 Å². The number of ether oxygens (including phenoxy) is 2. The van der Waals surface area contributed by atoms with Gasteiger partial charge in [-0.25, -0.2) is 14.3 Å². The molecule has 0 saturated carbocycles. The summed E-state index contributed by atoms with van der Waals surface area (Å²) in [7, 11) is 0. The number of nitrogens with zero attached hydrogens (tertiary/aromatic N) is 2. The van der Waals surface area contributed by atoms with E-state index in [0.29, 0.717) is 22.8 Å². The fourth-order valence-corrected chi connectivity index (χ4v) is 2.69. The fraction of sp³-hybridized carbons (Fsp3) is 0.261. The molecule has 0 bridgehead atoms. The van der Waals surface area contributed by atoms with Crippen molar-refractivity contribution in [1.82, 2.24) is 9.78 Å². The van der Waals surface area contributed by atoms with Crippen LogP contribution in [0, 0.1) is 6.08 Å². The number of carbonyl (C=O) groups excluding carboxylic acids is 2. The van der Waals surface area contributed by atoms with Crippen molar-refractivity contribution in [3.05, 3.63) is 77.7 Å². The lowest BCUT2D eigenvalue weighted by Gasteiger charge is -2.14. The van der Waals surface area contributed by atoms with Crippen molar-refractivity contribution < 1.29 is 19.1 Å². The molecule has 0 aliphatic heterocycles. The van der Waals surface area contributed by atoms with Gasteiger partial charge in [-0.15, -0.1) is 0 Å². The molecular formula is C23H24N3O4+. The van der Waals surface area contributed by atoms with Gasteiger partial charge in [0.25, 0.3) is 0 Å². The van der Waals surface area contributed by atoms with Crippen LogP contribution < -0.4 is 5.32 Å². The molecule has 154 valence electrons. The van der Waals surface area contributed by atoms with Crippen LogP contribution in [0.1, 0.15) is 43.7 Å².